The van der Waals surface area contributed by atoms with Crippen molar-refractivity contribution in [2.75, 3.05) is 26.2 Å². The molecule has 2 aliphatic rings. The fourth-order valence-electron chi connectivity index (χ4n) is 2.68. The zero-order valence-corrected chi connectivity index (χ0v) is 10.4. The molecule has 2 rings (SSSR count). The molecule has 0 aliphatic carbocycles. The van der Waals surface area contributed by atoms with E-state index in [1.165, 1.54) is 6.42 Å². The number of piperidine rings is 1. The first-order chi connectivity index (χ1) is 7.70. The highest BCUT2D eigenvalue weighted by Gasteiger charge is 2.32. The highest BCUT2D eigenvalue weighted by Crippen LogP contribution is 2.18. The third kappa shape index (κ3) is 2.32. The van der Waals surface area contributed by atoms with Crippen LogP contribution in [0, 0.1) is 0 Å². The summed E-state index contributed by atoms with van der Waals surface area (Å²) in [7, 11) is 0. The lowest BCUT2D eigenvalue weighted by Crippen LogP contribution is -2.58. The third-order valence-corrected chi connectivity index (χ3v) is 3.62. The zero-order chi connectivity index (χ0) is 11.5. The van der Waals surface area contributed by atoms with Gasteiger partial charge in [-0.2, -0.15) is 0 Å². The summed E-state index contributed by atoms with van der Waals surface area (Å²) >= 11 is 0. The van der Waals surface area contributed by atoms with E-state index in [-0.39, 0.29) is 6.03 Å². The Morgan fingerprint density at radius 1 is 1.31 bits per heavy atom. The quantitative estimate of drug-likeness (QED) is 0.768. The minimum absolute atomic E-state index is 0.245. The predicted octanol–water partition coefficient (Wildman–Crippen LogP) is 1.27. The van der Waals surface area contributed by atoms with Gasteiger partial charge in [-0.25, -0.2) is 4.79 Å². The molecule has 4 nitrogen and oxygen atoms in total. The number of hydrogen-bond acceptors (Lipinski definition) is 2. The molecule has 2 heterocycles. The van der Waals surface area contributed by atoms with E-state index < -0.39 is 0 Å². The number of nitrogens with zero attached hydrogens (tertiary/aromatic N) is 2. The van der Waals surface area contributed by atoms with Crippen LogP contribution < -0.4 is 5.32 Å². The predicted molar refractivity (Wildman–Crippen MR) is 64.5 cm³/mol. The Hall–Kier alpha value is -0.770. The number of urea groups is 1. The second-order valence-corrected chi connectivity index (χ2v) is 5.12. The maximum absolute atomic E-state index is 12.3. The lowest BCUT2D eigenvalue weighted by Gasteiger charge is -2.43. The molecule has 0 aromatic heterocycles. The summed E-state index contributed by atoms with van der Waals surface area (Å²) in [5.41, 5.74) is 0. The van der Waals surface area contributed by atoms with Crippen LogP contribution in [0.25, 0.3) is 0 Å². The molecule has 0 spiro atoms. The van der Waals surface area contributed by atoms with Crippen LogP contribution in [0.4, 0.5) is 4.79 Å². The van der Waals surface area contributed by atoms with Crippen LogP contribution in [0.2, 0.25) is 0 Å². The fraction of sp³-hybridized carbons (Fsp3) is 0.917. The van der Waals surface area contributed by atoms with E-state index in [1.807, 2.05) is 4.90 Å². The van der Waals surface area contributed by atoms with E-state index in [0.29, 0.717) is 12.1 Å². The molecule has 1 atom stereocenters. The Kier molecular flexibility index (Phi) is 3.69. The molecule has 0 unspecified atom stereocenters. The number of hydrogen-bond donors (Lipinski definition) is 1. The topological polar surface area (TPSA) is 35.6 Å². The van der Waals surface area contributed by atoms with Crippen molar-refractivity contribution in [3.8, 4) is 0 Å². The highest BCUT2D eigenvalue weighted by molar-refractivity contribution is 5.75. The molecule has 1 N–H and O–H groups in total. The number of carbonyl (C=O) groups excluding carboxylic acids is 1. The van der Waals surface area contributed by atoms with Gasteiger partial charge >= 0.3 is 6.03 Å². The van der Waals surface area contributed by atoms with Gasteiger partial charge in [0.15, 0.2) is 0 Å². The summed E-state index contributed by atoms with van der Waals surface area (Å²) in [4.78, 5) is 16.4. The molecule has 0 aromatic carbocycles. The molecule has 16 heavy (non-hydrogen) atoms. The van der Waals surface area contributed by atoms with Crippen LogP contribution in [0.1, 0.15) is 33.1 Å². The number of nitrogens with one attached hydrogen (secondary N) is 1. The Morgan fingerprint density at radius 3 is 2.75 bits per heavy atom. The lowest BCUT2D eigenvalue weighted by molar-refractivity contribution is 0.0882. The van der Waals surface area contributed by atoms with Gasteiger partial charge in [0.05, 0.1) is 0 Å². The standard InChI is InChI=1S/C12H23N3O/c1-10(2)14-7-4-8-15(12(14)16)11-5-3-6-13-9-11/h10-11,13H,3-9H2,1-2H3/t11-/m1/s1. The van der Waals surface area contributed by atoms with Crippen LogP contribution in [-0.2, 0) is 0 Å². The van der Waals surface area contributed by atoms with E-state index in [0.717, 1.165) is 39.0 Å². The maximum Gasteiger partial charge on any atom is 0.320 e. The highest BCUT2D eigenvalue weighted by atomic mass is 16.2. The van der Waals surface area contributed by atoms with E-state index in [1.54, 1.807) is 0 Å². The number of rotatable bonds is 2. The van der Waals surface area contributed by atoms with Gasteiger partial charge in [-0.1, -0.05) is 0 Å². The van der Waals surface area contributed by atoms with Crippen molar-refractivity contribution in [2.24, 2.45) is 0 Å². The van der Waals surface area contributed by atoms with Crippen molar-refractivity contribution in [1.29, 1.82) is 0 Å². The molecule has 2 aliphatic heterocycles. The zero-order valence-electron chi connectivity index (χ0n) is 10.4. The fourth-order valence-corrected chi connectivity index (χ4v) is 2.68. The maximum atomic E-state index is 12.3. The van der Waals surface area contributed by atoms with Crippen LogP contribution >= 0.6 is 0 Å². The smallest absolute Gasteiger partial charge is 0.320 e. The van der Waals surface area contributed by atoms with E-state index >= 15 is 0 Å². The Labute approximate surface area is 98.0 Å². The molecule has 4 heteroatoms. The van der Waals surface area contributed by atoms with Gasteiger partial charge < -0.3 is 15.1 Å². The van der Waals surface area contributed by atoms with E-state index in [4.69, 9.17) is 0 Å². The van der Waals surface area contributed by atoms with Crippen LogP contribution in [0.15, 0.2) is 0 Å². The summed E-state index contributed by atoms with van der Waals surface area (Å²) in [6.45, 7) is 8.13. The first kappa shape index (κ1) is 11.7. The Morgan fingerprint density at radius 2 is 2.12 bits per heavy atom. The first-order valence-electron chi connectivity index (χ1n) is 6.48. The van der Waals surface area contributed by atoms with Crippen LogP contribution in [-0.4, -0.2) is 54.1 Å². The van der Waals surface area contributed by atoms with Crippen LogP contribution in [0.3, 0.4) is 0 Å². The van der Waals surface area contributed by atoms with Gasteiger partial charge in [0.2, 0.25) is 0 Å². The van der Waals surface area contributed by atoms with Gasteiger partial charge in [0.25, 0.3) is 0 Å². The monoisotopic (exact) mass is 225 g/mol. The molecule has 0 saturated carbocycles. The van der Waals surface area contributed by atoms with Crippen molar-refractivity contribution in [3.05, 3.63) is 0 Å². The largest absolute Gasteiger partial charge is 0.322 e. The second kappa shape index (κ2) is 5.04. The van der Waals surface area contributed by atoms with Gasteiger partial charge in [-0.05, 0) is 39.7 Å². The molecule has 0 bridgehead atoms. The molecular weight excluding hydrogens is 202 g/mol. The minimum atomic E-state index is 0.245. The average Bonchev–Trinajstić information content (AvgIpc) is 2.30. The van der Waals surface area contributed by atoms with Gasteiger partial charge in [-0.3, -0.25) is 0 Å². The van der Waals surface area contributed by atoms with Crippen molar-refractivity contribution < 1.29 is 4.79 Å². The number of amides is 2. The van der Waals surface area contributed by atoms with E-state index in [9.17, 15) is 4.79 Å². The molecule has 92 valence electrons. The summed E-state index contributed by atoms with van der Waals surface area (Å²) in [6.07, 6.45) is 3.46. The average molecular weight is 225 g/mol. The molecule has 0 aromatic rings. The summed E-state index contributed by atoms with van der Waals surface area (Å²) in [6, 6.07) is 0.990. The Balaban J connectivity index is 2.00. The van der Waals surface area contributed by atoms with Crippen molar-refractivity contribution in [3.63, 3.8) is 0 Å². The molecule has 0 radical (unpaired) electrons. The molecule has 2 saturated heterocycles. The summed E-state index contributed by atoms with van der Waals surface area (Å²) < 4.78 is 0. The number of carbonyl (C=O) groups is 1. The summed E-state index contributed by atoms with van der Waals surface area (Å²) in [5, 5.41) is 3.38. The second-order valence-electron chi connectivity index (χ2n) is 5.12. The summed E-state index contributed by atoms with van der Waals surface area (Å²) in [5.74, 6) is 0. The molecular formula is C12H23N3O. The first-order valence-corrected chi connectivity index (χ1v) is 6.48. The Bertz CT molecular complexity index is 249. The molecule has 2 fully saturated rings. The van der Waals surface area contributed by atoms with Crippen molar-refractivity contribution in [2.45, 2.75) is 45.2 Å². The van der Waals surface area contributed by atoms with Crippen LogP contribution in [0.5, 0.6) is 0 Å². The van der Waals surface area contributed by atoms with E-state index in [2.05, 4.69) is 24.1 Å². The third-order valence-electron chi connectivity index (χ3n) is 3.62. The van der Waals surface area contributed by atoms with Crippen molar-refractivity contribution >= 4 is 6.03 Å². The SMILES string of the molecule is CC(C)N1CCCN([C@@H]2CCCNC2)C1=O. The van der Waals surface area contributed by atoms with Gasteiger partial charge in [0, 0.05) is 31.7 Å². The van der Waals surface area contributed by atoms with Gasteiger partial charge in [-0.15, -0.1) is 0 Å². The molecule has 2 amide bonds. The van der Waals surface area contributed by atoms with Gasteiger partial charge in [0.1, 0.15) is 0 Å². The normalized spacial score (nSPS) is 27.7. The lowest BCUT2D eigenvalue weighted by atomic mass is 10.0. The minimum Gasteiger partial charge on any atom is -0.322 e. The van der Waals surface area contributed by atoms with Crippen molar-refractivity contribution in [1.82, 2.24) is 15.1 Å².